The van der Waals surface area contributed by atoms with Crippen molar-refractivity contribution >= 4 is 22.5 Å². The van der Waals surface area contributed by atoms with Gasteiger partial charge in [-0.3, -0.25) is 14.2 Å². The van der Waals surface area contributed by atoms with Crippen LogP contribution in [0.4, 0.5) is 0 Å². The quantitative estimate of drug-likeness (QED) is 0.360. The smallest absolute Gasteiger partial charge is 0.267 e. The summed E-state index contributed by atoms with van der Waals surface area (Å²) in [7, 11) is 0. The van der Waals surface area contributed by atoms with Crippen molar-refractivity contribution < 1.29 is 4.79 Å². The summed E-state index contributed by atoms with van der Waals surface area (Å²) in [6, 6.07) is 15.9. The number of rotatable bonds is 4. The van der Waals surface area contributed by atoms with Crippen molar-refractivity contribution in [1.82, 2.24) is 29.5 Å². The first-order chi connectivity index (χ1) is 18.1. The Morgan fingerprint density at radius 2 is 1.82 bits per heavy atom. The molecular weight excluding hydrogens is 476 g/mol. The van der Waals surface area contributed by atoms with Gasteiger partial charge in [-0.05, 0) is 65.0 Å². The summed E-state index contributed by atoms with van der Waals surface area (Å²) in [5.41, 5.74) is 2.72. The Labute approximate surface area is 220 Å². The maximum atomic E-state index is 14.1. The number of hydrogen-bond donors (Lipinski definition) is 1. The predicted octanol–water partition coefficient (Wildman–Crippen LogP) is 4.63. The average Bonchev–Trinajstić information content (AvgIpc) is 3.23. The molecule has 5 rings (SSSR count). The highest BCUT2D eigenvalue weighted by Crippen LogP contribution is 2.22. The van der Waals surface area contributed by atoms with Gasteiger partial charge in [-0.25, -0.2) is 14.5 Å². The van der Waals surface area contributed by atoms with Crippen LogP contribution >= 0.6 is 0 Å². The third kappa shape index (κ3) is 4.66. The number of benzene rings is 2. The minimum Gasteiger partial charge on any atom is -0.342 e. The van der Waals surface area contributed by atoms with E-state index in [0.29, 0.717) is 44.9 Å². The zero-order valence-corrected chi connectivity index (χ0v) is 22.0. The Balaban J connectivity index is 1.66. The SMILES string of the molecule is Cc1nn2cccnc2c1C(=O)N[C@@H](C)c1nc2cccc(C#CC(C)(C)C)c2c(=O)n1-c1ccccc1. The second-order valence-corrected chi connectivity index (χ2v) is 10.2. The molecule has 0 aliphatic rings. The van der Waals surface area contributed by atoms with Gasteiger partial charge in [0.15, 0.2) is 5.65 Å². The van der Waals surface area contributed by atoms with Crippen LogP contribution in [0, 0.1) is 24.2 Å². The van der Waals surface area contributed by atoms with Crippen LogP contribution in [0.15, 0.2) is 71.8 Å². The molecule has 1 amide bonds. The standard InChI is InChI=1S/C30H28N6O2/c1-19-24(27-31-17-10-18-35(27)34-19)28(37)32-20(2)26-33-23-14-9-11-21(15-16-30(3,4)5)25(23)29(38)36(26)22-12-7-6-8-13-22/h6-14,17-18,20H,1-5H3,(H,32,37)/t20-/m0/s1. The van der Waals surface area contributed by atoms with E-state index in [2.05, 4.69) is 27.2 Å². The summed E-state index contributed by atoms with van der Waals surface area (Å²) in [6.45, 7) is 9.64. The van der Waals surface area contributed by atoms with Crippen LogP contribution in [0.5, 0.6) is 0 Å². The molecule has 0 spiro atoms. The minimum atomic E-state index is -0.609. The molecule has 3 aromatic heterocycles. The van der Waals surface area contributed by atoms with Crippen LogP contribution in [-0.4, -0.2) is 30.1 Å². The molecule has 0 saturated carbocycles. The van der Waals surface area contributed by atoms with E-state index in [1.807, 2.05) is 70.2 Å². The van der Waals surface area contributed by atoms with Gasteiger partial charge in [0.1, 0.15) is 11.4 Å². The highest BCUT2D eigenvalue weighted by molar-refractivity contribution is 6.01. The second-order valence-electron chi connectivity index (χ2n) is 10.2. The highest BCUT2D eigenvalue weighted by atomic mass is 16.2. The lowest BCUT2D eigenvalue weighted by Crippen LogP contribution is -2.33. The Morgan fingerprint density at radius 1 is 1.05 bits per heavy atom. The van der Waals surface area contributed by atoms with Gasteiger partial charge >= 0.3 is 0 Å². The third-order valence-corrected chi connectivity index (χ3v) is 6.04. The molecule has 5 aromatic rings. The van der Waals surface area contributed by atoms with E-state index < -0.39 is 6.04 Å². The van der Waals surface area contributed by atoms with Gasteiger partial charge in [0.2, 0.25) is 0 Å². The van der Waals surface area contributed by atoms with Crippen LogP contribution < -0.4 is 10.9 Å². The molecule has 8 heteroatoms. The van der Waals surface area contributed by atoms with E-state index in [-0.39, 0.29) is 16.9 Å². The lowest BCUT2D eigenvalue weighted by Gasteiger charge is -2.20. The first kappa shape index (κ1) is 24.9. The number of aromatic nitrogens is 5. The fourth-order valence-corrected chi connectivity index (χ4v) is 4.32. The Morgan fingerprint density at radius 3 is 2.55 bits per heavy atom. The number of para-hydroxylation sites is 1. The molecule has 2 aromatic carbocycles. The molecule has 1 N–H and O–H groups in total. The molecule has 0 fully saturated rings. The van der Waals surface area contributed by atoms with Crippen LogP contribution in [0.2, 0.25) is 0 Å². The summed E-state index contributed by atoms with van der Waals surface area (Å²) < 4.78 is 3.12. The monoisotopic (exact) mass is 504 g/mol. The maximum Gasteiger partial charge on any atom is 0.267 e. The fraction of sp³-hybridized carbons (Fsp3) is 0.233. The van der Waals surface area contributed by atoms with Gasteiger partial charge in [0.05, 0.1) is 28.3 Å². The zero-order valence-electron chi connectivity index (χ0n) is 22.0. The lowest BCUT2D eigenvalue weighted by molar-refractivity contribution is 0.0938. The van der Waals surface area contributed by atoms with Crippen LogP contribution in [0.25, 0.3) is 22.2 Å². The number of nitrogens with zero attached hydrogens (tertiary/aromatic N) is 5. The molecule has 0 aliphatic carbocycles. The Hall–Kier alpha value is -4.77. The van der Waals surface area contributed by atoms with E-state index in [1.165, 1.54) is 0 Å². The molecule has 8 nitrogen and oxygen atoms in total. The van der Waals surface area contributed by atoms with E-state index in [1.54, 1.807) is 40.5 Å². The molecule has 1 atom stereocenters. The minimum absolute atomic E-state index is 0.224. The normalized spacial score (nSPS) is 12.2. The van der Waals surface area contributed by atoms with Gasteiger partial charge in [-0.15, -0.1) is 0 Å². The van der Waals surface area contributed by atoms with Crippen molar-refractivity contribution in [3.63, 3.8) is 0 Å². The summed E-state index contributed by atoms with van der Waals surface area (Å²) >= 11 is 0. The molecule has 0 saturated heterocycles. The van der Waals surface area contributed by atoms with Crippen molar-refractivity contribution in [2.75, 3.05) is 0 Å². The molecule has 190 valence electrons. The molecule has 38 heavy (non-hydrogen) atoms. The van der Waals surface area contributed by atoms with Gasteiger partial charge in [-0.2, -0.15) is 5.10 Å². The zero-order chi connectivity index (χ0) is 27.0. The molecule has 0 unspecified atom stereocenters. The van der Waals surface area contributed by atoms with Crippen molar-refractivity contribution in [3.05, 3.63) is 100.0 Å². The predicted molar refractivity (Wildman–Crippen MR) is 147 cm³/mol. The summed E-state index contributed by atoms with van der Waals surface area (Å²) in [4.78, 5) is 36.7. The fourth-order valence-electron chi connectivity index (χ4n) is 4.32. The number of carbonyl (C=O) groups excluding carboxylic acids is 1. The maximum absolute atomic E-state index is 14.1. The number of amides is 1. The number of fused-ring (bicyclic) bond motifs is 2. The molecule has 0 radical (unpaired) electrons. The highest BCUT2D eigenvalue weighted by Gasteiger charge is 2.24. The molecular formula is C30H28N6O2. The third-order valence-electron chi connectivity index (χ3n) is 6.04. The Bertz CT molecular complexity index is 1800. The van der Waals surface area contributed by atoms with E-state index in [0.717, 1.165) is 0 Å². The summed E-state index contributed by atoms with van der Waals surface area (Å²) in [6.07, 6.45) is 3.36. The number of nitrogens with one attached hydrogen (secondary N) is 1. The first-order valence-corrected chi connectivity index (χ1v) is 12.4. The van der Waals surface area contributed by atoms with Crippen molar-refractivity contribution in [2.24, 2.45) is 5.41 Å². The first-order valence-electron chi connectivity index (χ1n) is 12.4. The van der Waals surface area contributed by atoms with Crippen LogP contribution in [0.3, 0.4) is 0 Å². The number of hydrogen-bond acceptors (Lipinski definition) is 5. The van der Waals surface area contributed by atoms with E-state index in [9.17, 15) is 9.59 Å². The molecule has 3 heterocycles. The largest absolute Gasteiger partial charge is 0.342 e. The molecule has 0 aliphatic heterocycles. The van der Waals surface area contributed by atoms with Crippen LogP contribution in [0.1, 0.15) is 61.2 Å². The van der Waals surface area contributed by atoms with Gasteiger partial charge in [0.25, 0.3) is 11.5 Å². The van der Waals surface area contributed by atoms with Gasteiger partial charge in [-0.1, -0.05) is 36.1 Å². The molecule has 0 bridgehead atoms. The second kappa shape index (κ2) is 9.60. The van der Waals surface area contributed by atoms with Gasteiger partial charge in [0, 0.05) is 23.4 Å². The van der Waals surface area contributed by atoms with Crippen molar-refractivity contribution in [3.8, 4) is 17.5 Å². The number of aryl methyl sites for hydroxylation is 1. The van der Waals surface area contributed by atoms with Gasteiger partial charge < -0.3 is 5.32 Å². The van der Waals surface area contributed by atoms with E-state index in [4.69, 9.17) is 4.98 Å². The summed E-state index contributed by atoms with van der Waals surface area (Å²) in [5.74, 6) is 6.46. The number of carbonyl (C=O) groups is 1. The van der Waals surface area contributed by atoms with Crippen molar-refractivity contribution in [1.29, 1.82) is 0 Å². The summed E-state index contributed by atoms with van der Waals surface area (Å²) in [5, 5.41) is 7.84. The van der Waals surface area contributed by atoms with Crippen molar-refractivity contribution in [2.45, 2.75) is 40.7 Å². The topological polar surface area (TPSA) is 94.2 Å². The Kier molecular flexibility index (Phi) is 6.29. The van der Waals surface area contributed by atoms with Crippen LogP contribution in [-0.2, 0) is 0 Å². The van der Waals surface area contributed by atoms with E-state index >= 15 is 0 Å². The average molecular weight is 505 g/mol. The lowest BCUT2D eigenvalue weighted by atomic mass is 9.97.